The molecule has 0 aliphatic heterocycles. The molecule has 3 heteroatoms. The Morgan fingerprint density at radius 1 is 0.656 bits per heavy atom. The largest absolute Gasteiger partial charge is 0.258 e. The Labute approximate surface area is 208 Å². The molecule has 0 fully saturated rings. The first kappa shape index (κ1) is 25.8. The Morgan fingerprint density at radius 2 is 1.06 bits per heavy atom. The summed E-state index contributed by atoms with van der Waals surface area (Å²) in [5.74, 6) is 0. The zero-order valence-electron chi connectivity index (χ0n) is 18.8. The molecule has 3 aromatic carbocycles. The molecule has 1 aliphatic rings. The van der Waals surface area contributed by atoms with Gasteiger partial charge in [0.1, 0.15) is 0 Å². The molecule has 0 atom stereocenters. The zero-order chi connectivity index (χ0) is 21.8. The minimum absolute atomic E-state index is 0. The van der Waals surface area contributed by atoms with E-state index in [4.69, 9.17) is 4.74 Å². The summed E-state index contributed by atoms with van der Waals surface area (Å²) in [7, 11) is -2.09. The summed E-state index contributed by atoms with van der Waals surface area (Å²) in [4.78, 5) is 0. The monoisotopic (exact) mass is 471 g/mol. The second-order valence-electron chi connectivity index (χ2n) is 7.08. The van der Waals surface area contributed by atoms with Crippen molar-refractivity contribution in [1.29, 1.82) is 0 Å². The fraction of sp³-hybridized carbons (Fsp3) is 0.103. The summed E-state index contributed by atoms with van der Waals surface area (Å²) in [6.45, 7) is 4.00. The molecular formula is C29H30NPTi. The fourth-order valence-electron chi connectivity index (χ4n) is 3.48. The quantitative estimate of drug-likeness (QED) is 0.213. The van der Waals surface area contributed by atoms with Gasteiger partial charge in [-0.05, 0) is 19.9 Å². The van der Waals surface area contributed by atoms with Crippen LogP contribution < -0.4 is 15.9 Å². The van der Waals surface area contributed by atoms with Crippen LogP contribution in [0.15, 0.2) is 144 Å². The summed E-state index contributed by atoms with van der Waals surface area (Å²) in [5.41, 5.74) is 1.16. The van der Waals surface area contributed by atoms with E-state index < -0.39 is 7.05 Å². The van der Waals surface area contributed by atoms with E-state index in [2.05, 4.69) is 109 Å². The smallest absolute Gasteiger partial charge is 0.0608 e. The molecule has 0 radical (unpaired) electrons. The third kappa shape index (κ3) is 6.53. The van der Waals surface area contributed by atoms with E-state index in [1.165, 1.54) is 15.9 Å². The molecule has 0 spiro atoms. The minimum Gasteiger partial charge on any atom is -0.258 e. The van der Waals surface area contributed by atoms with Crippen molar-refractivity contribution in [3.63, 3.8) is 0 Å². The maximum absolute atomic E-state index is 5.43. The first-order valence-corrected chi connectivity index (χ1v) is 12.4. The van der Waals surface area contributed by atoms with Crippen LogP contribution in [0, 0.1) is 0 Å². The van der Waals surface area contributed by atoms with Crippen LogP contribution in [0.5, 0.6) is 0 Å². The summed E-state index contributed by atoms with van der Waals surface area (Å²) in [6, 6.07) is 32.3. The Balaban J connectivity index is 0.000000461. The van der Waals surface area contributed by atoms with Crippen molar-refractivity contribution in [3.8, 4) is 0 Å². The number of allylic oxidation sites excluding steroid dienone is 7. The maximum atomic E-state index is 5.43. The topological polar surface area (TPSA) is 12.4 Å². The van der Waals surface area contributed by atoms with E-state index >= 15 is 0 Å². The summed E-state index contributed by atoms with van der Waals surface area (Å²) in [6.07, 6.45) is 15.3. The Kier molecular flexibility index (Phi) is 11.2. The first-order valence-electron chi connectivity index (χ1n) is 10.7. The predicted octanol–water partition coefficient (Wildman–Crippen LogP) is 7.14. The molecule has 4 rings (SSSR count). The normalized spacial score (nSPS) is 12.8. The van der Waals surface area contributed by atoms with E-state index in [0.717, 1.165) is 12.1 Å². The molecule has 0 amide bonds. The van der Waals surface area contributed by atoms with Gasteiger partial charge in [-0.1, -0.05) is 127 Å². The fourth-order valence-corrected chi connectivity index (χ4v) is 7.06. The molecule has 1 aliphatic carbocycles. The zero-order valence-corrected chi connectivity index (χ0v) is 21.3. The molecule has 0 heterocycles. The van der Waals surface area contributed by atoms with Crippen LogP contribution in [0.3, 0.4) is 0 Å². The van der Waals surface area contributed by atoms with Crippen molar-refractivity contribution in [2.24, 2.45) is 4.74 Å². The van der Waals surface area contributed by atoms with Gasteiger partial charge in [0, 0.05) is 49.7 Å². The van der Waals surface area contributed by atoms with Crippen molar-refractivity contribution in [2.45, 2.75) is 20.3 Å². The standard InChI is InChI=1S/C23H20NP.C6H10.Ti/c1-4-14-21(15-5-1)25(22-16-6-2-7-17-22,23-18-8-3-9-19-23)24-20-12-10-11-13-20;1-3-5-6-4-2;/h1-12,14-19H,13H2;3-6H,1-2H3;. The number of hydrogen-bond donors (Lipinski definition) is 0. The van der Waals surface area contributed by atoms with Gasteiger partial charge in [-0.25, -0.2) is 0 Å². The molecule has 3 aromatic rings. The van der Waals surface area contributed by atoms with Crippen molar-refractivity contribution < 1.29 is 21.7 Å². The van der Waals surface area contributed by atoms with Crippen molar-refractivity contribution in [1.82, 2.24) is 0 Å². The van der Waals surface area contributed by atoms with Gasteiger partial charge in [0.25, 0.3) is 0 Å². The second-order valence-corrected chi connectivity index (χ2v) is 10.1. The summed E-state index contributed by atoms with van der Waals surface area (Å²) < 4.78 is 5.43. The molecule has 0 saturated carbocycles. The minimum atomic E-state index is -2.09. The van der Waals surface area contributed by atoms with Gasteiger partial charge in [0.05, 0.1) is 7.05 Å². The van der Waals surface area contributed by atoms with Gasteiger partial charge in [-0.3, -0.25) is 4.74 Å². The van der Waals surface area contributed by atoms with Crippen LogP contribution in [0.2, 0.25) is 0 Å². The second kappa shape index (κ2) is 13.9. The molecule has 32 heavy (non-hydrogen) atoms. The van der Waals surface area contributed by atoms with E-state index in [1.54, 1.807) is 0 Å². The van der Waals surface area contributed by atoms with Crippen LogP contribution in [-0.4, -0.2) is 0 Å². The number of hydrogen-bond acceptors (Lipinski definition) is 1. The Hall–Kier alpha value is -2.44. The van der Waals surface area contributed by atoms with Crippen LogP contribution in [-0.2, 0) is 21.7 Å². The van der Waals surface area contributed by atoms with Gasteiger partial charge in [-0.15, -0.1) is 0 Å². The van der Waals surface area contributed by atoms with Gasteiger partial charge in [0.15, 0.2) is 0 Å². The SMILES string of the molecule is C1=CCC(N=P(c2ccccc2)(c2ccccc2)c2ccccc2)=C1.CC=CC=CC.[Ti]. The summed E-state index contributed by atoms with van der Waals surface area (Å²) >= 11 is 0. The number of benzene rings is 3. The predicted molar refractivity (Wildman–Crippen MR) is 139 cm³/mol. The third-order valence-electron chi connectivity index (χ3n) is 4.92. The van der Waals surface area contributed by atoms with E-state index in [1.807, 2.05) is 38.2 Å². The van der Waals surface area contributed by atoms with Gasteiger partial charge < -0.3 is 0 Å². The van der Waals surface area contributed by atoms with E-state index in [9.17, 15) is 0 Å². The molecule has 1 nitrogen and oxygen atoms in total. The van der Waals surface area contributed by atoms with Crippen LogP contribution >= 0.6 is 7.05 Å². The first-order chi connectivity index (χ1) is 15.3. The molecule has 0 aromatic heterocycles. The maximum Gasteiger partial charge on any atom is 0.0608 e. The van der Waals surface area contributed by atoms with Crippen LogP contribution in [0.4, 0.5) is 0 Å². The molecule has 0 bridgehead atoms. The van der Waals surface area contributed by atoms with Gasteiger partial charge >= 0.3 is 0 Å². The van der Waals surface area contributed by atoms with Crippen LogP contribution in [0.1, 0.15) is 20.3 Å². The number of rotatable bonds is 5. The van der Waals surface area contributed by atoms with E-state index in [0.29, 0.717) is 0 Å². The molecule has 0 saturated heterocycles. The third-order valence-corrected chi connectivity index (χ3v) is 8.61. The Bertz CT molecular complexity index is 998. The van der Waals surface area contributed by atoms with E-state index in [-0.39, 0.29) is 21.7 Å². The molecule has 160 valence electrons. The van der Waals surface area contributed by atoms with Crippen molar-refractivity contribution in [3.05, 3.63) is 139 Å². The molecule has 0 N–H and O–H groups in total. The van der Waals surface area contributed by atoms with Crippen molar-refractivity contribution in [2.75, 3.05) is 0 Å². The van der Waals surface area contributed by atoms with Gasteiger partial charge in [-0.2, -0.15) is 0 Å². The molecular weight excluding hydrogens is 441 g/mol. The van der Waals surface area contributed by atoms with Crippen LogP contribution in [0.25, 0.3) is 0 Å². The average molecular weight is 471 g/mol. The van der Waals surface area contributed by atoms with Gasteiger partial charge in [0.2, 0.25) is 0 Å². The summed E-state index contributed by atoms with van der Waals surface area (Å²) in [5, 5.41) is 3.88. The molecule has 0 unspecified atom stereocenters. The average Bonchev–Trinajstić information content (AvgIpc) is 3.36. The van der Waals surface area contributed by atoms with Crippen molar-refractivity contribution >= 4 is 23.0 Å². The Morgan fingerprint density at radius 3 is 1.38 bits per heavy atom. The number of nitrogens with zero attached hydrogens (tertiary/aromatic N) is 1.